The molecule has 0 aromatic heterocycles. The molecule has 2 nitrogen and oxygen atoms in total. The SMILES string of the molecule is CCC1COCCN1c1cccc(Cl)c1CBr. The molecule has 0 spiro atoms. The van der Waals surface area contributed by atoms with Crippen LogP contribution in [0.25, 0.3) is 0 Å². The molecule has 1 aliphatic heterocycles. The number of ether oxygens (including phenoxy) is 1. The number of halogens is 2. The largest absolute Gasteiger partial charge is 0.377 e. The summed E-state index contributed by atoms with van der Waals surface area (Å²) in [6.07, 6.45) is 1.09. The van der Waals surface area contributed by atoms with E-state index in [1.807, 2.05) is 12.1 Å². The van der Waals surface area contributed by atoms with E-state index < -0.39 is 0 Å². The van der Waals surface area contributed by atoms with Crippen LogP contribution in [0.1, 0.15) is 18.9 Å². The van der Waals surface area contributed by atoms with Crippen LogP contribution in [0.2, 0.25) is 5.02 Å². The van der Waals surface area contributed by atoms with Gasteiger partial charge in [0, 0.05) is 28.1 Å². The molecule has 2 rings (SSSR count). The van der Waals surface area contributed by atoms with E-state index in [-0.39, 0.29) is 0 Å². The average Bonchev–Trinajstić information content (AvgIpc) is 2.38. The molecule has 0 bridgehead atoms. The van der Waals surface area contributed by atoms with Crippen molar-refractivity contribution >= 4 is 33.2 Å². The summed E-state index contributed by atoms with van der Waals surface area (Å²) in [6, 6.07) is 6.57. The maximum atomic E-state index is 6.25. The van der Waals surface area contributed by atoms with Crippen LogP contribution in [-0.2, 0) is 10.1 Å². The molecule has 1 aliphatic rings. The van der Waals surface area contributed by atoms with Gasteiger partial charge in [-0.25, -0.2) is 0 Å². The highest BCUT2D eigenvalue weighted by Gasteiger charge is 2.23. The smallest absolute Gasteiger partial charge is 0.0670 e. The van der Waals surface area contributed by atoms with Gasteiger partial charge in [-0.1, -0.05) is 40.5 Å². The van der Waals surface area contributed by atoms with E-state index in [2.05, 4.69) is 33.8 Å². The van der Waals surface area contributed by atoms with E-state index in [1.165, 1.54) is 11.3 Å². The molecule has 1 fully saturated rings. The highest BCUT2D eigenvalue weighted by atomic mass is 79.9. The van der Waals surface area contributed by atoms with Gasteiger partial charge in [0.05, 0.1) is 19.3 Å². The minimum Gasteiger partial charge on any atom is -0.377 e. The van der Waals surface area contributed by atoms with Crippen molar-refractivity contribution in [1.29, 1.82) is 0 Å². The number of hydrogen-bond acceptors (Lipinski definition) is 2. The molecule has 0 N–H and O–H groups in total. The summed E-state index contributed by atoms with van der Waals surface area (Å²) in [5.41, 5.74) is 2.42. The quantitative estimate of drug-likeness (QED) is 0.785. The van der Waals surface area contributed by atoms with Gasteiger partial charge in [0.2, 0.25) is 0 Å². The Kier molecular flexibility index (Phi) is 4.71. The summed E-state index contributed by atoms with van der Waals surface area (Å²) < 4.78 is 5.54. The molecule has 1 unspecified atom stereocenters. The number of nitrogens with zero attached hydrogens (tertiary/aromatic N) is 1. The molecule has 1 saturated heterocycles. The first-order valence-electron chi connectivity index (χ1n) is 5.95. The molecule has 0 radical (unpaired) electrons. The number of morpholine rings is 1. The van der Waals surface area contributed by atoms with Crippen LogP contribution in [0.5, 0.6) is 0 Å². The summed E-state index contributed by atoms with van der Waals surface area (Å²) in [7, 11) is 0. The first-order valence-corrected chi connectivity index (χ1v) is 7.45. The van der Waals surface area contributed by atoms with E-state index in [1.54, 1.807) is 0 Å². The Balaban J connectivity index is 2.34. The van der Waals surface area contributed by atoms with E-state index in [0.29, 0.717) is 6.04 Å². The average molecular weight is 319 g/mol. The fourth-order valence-electron chi connectivity index (χ4n) is 2.26. The van der Waals surface area contributed by atoms with Crippen molar-refractivity contribution in [3.8, 4) is 0 Å². The fraction of sp³-hybridized carbons (Fsp3) is 0.538. The molecule has 4 heteroatoms. The van der Waals surface area contributed by atoms with Gasteiger partial charge >= 0.3 is 0 Å². The summed E-state index contributed by atoms with van der Waals surface area (Å²) in [6.45, 7) is 4.75. The second kappa shape index (κ2) is 6.07. The lowest BCUT2D eigenvalue weighted by Crippen LogP contribution is -2.45. The van der Waals surface area contributed by atoms with Crippen molar-refractivity contribution in [3.05, 3.63) is 28.8 Å². The van der Waals surface area contributed by atoms with Crippen LogP contribution in [0, 0.1) is 0 Å². The predicted octanol–water partition coefficient (Wildman–Crippen LogP) is 3.85. The van der Waals surface area contributed by atoms with Gasteiger partial charge in [0.25, 0.3) is 0 Å². The van der Waals surface area contributed by atoms with Crippen molar-refractivity contribution in [3.63, 3.8) is 0 Å². The maximum Gasteiger partial charge on any atom is 0.0670 e. The summed E-state index contributed by atoms with van der Waals surface area (Å²) in [5.74, 6) is 0. The van der Waals surface area contributed by atoms with Gasteiger partial charge in [0.1, 0.15) is 0 Å². The minimum absolute atomic E-state index is 0.458. The molecule has 0 aliphatic carbocycles. The van der Waals surface area contributed by atoms with Gasteiger partial charge in [-0.15, -0.1) is 0 Å². The molecule has 1 heterocycles. The zero-order valence-electron chi connectivity index (χ0n) is 9.96. The molecule has 0 amide bonds. The normalized spacial score (nSPS) is 20.6. The summed E-state index contributed by atoms with van der Waals surface area (Å²) >= 11 is 9.78. The molecule has 17 heavy (non-hydrogen) atoms. The number of rotatable bonds is 3. The Morgan fingerprint density at radius 1 is 1.53 bits per heavy atom. The monoisotopic (exact) mass is 317 g/mol. The molecule has 94 valence electrons. The van der Waals surface area contributed by atoms with E-state index in [4.69, 9.17) is 16.3 Å². The van der Waals surface area contributed by atoms with Gasteiger partial charge < -0.3 is 9.64 Å². The van der Waals surface area contributed by atoms with Gasteiger partial charge in [-0.2, -0.15) is 0 Å². The zero-order chi connectivity index (χ0) is 12.3. The molecular formula is C13H17BrClNO. The molecule has 1 aromatic carbocycles. The molecular weight excluding hydrogens is 302 g/mol. The fourth-order valence-corrected chi connectivity index (χ4v) is 3.25. The van der Waals surface area contributed by atoms with Gasteiger partial charge in [-0.05, 0) is 18.6 Å². The van der Waals surface area contributed by atoms with Crippen molar-refractivity contribution in [1.82, 2.24) is 0 Å². The Hall–Kier alpha value is -0.250. The van der Waals surface area contributed by atoms with Crippen molar-refractivity contribution in [2.24, 2.45) is 0 Å². The second-order valence-corrected chi connectivity index (χ2v) is 5.17. The van der Waals surface area contributed by atoms with Gasteiger partial charge in [-0.3, -0.25) is 0 Å². The third-order valence-electron chi connectivity index (χ3n) is 3.24. The Bertz CT molecular complexity index is 386. The Morgan fingerprint density at radius 2 is 2.35 bits per heavy atom. The lowest BCUT2D eigenvalue weighted by molar-refractivity contribution is 0.0929. The lowest BCUT2D eigenvalue weighted by atomic mass is 10.1. The first kappa shape index (κ1) is 13.2. The van der Waals surface area contributed by atoms with Crippen LogP contribution in [0.4, 0.5) is 5.69 Å². The third kappa shape index (κ3) is 2.78. The third-order valence-corrected chi connectivity index (χ3v) is 4.15. The predicted molar refractivity (Wildman–Crippen MR) is 76.3 cm³/mol. The van der Waals surface area contributed by atoms with Crippen LogP contribution in [0.15, 0.2) is 18.2 Å². The van der Waals surface area contributed by atoms with E-state index >= 15 is 0 Å². The Morgan fingerprint density at radius 3 is 3.06 bits per heavy atom. The van der Waals surface area contributed by atoms with E-state index in [9.17, 15) is 0 Å². The van der Waals surface area contributed by atoms with Crippen LogP contribution < -0.4 is 4.90 Å². The van der Waals surface area contributed by atoms with Crippen molar-refractivity contribution in [2.45, 2.75) is 24.7 Å². The number of benzene rings is 1. The highest BCUT2D eigenvalue weighted by Crippen LogP contribution is 2.32. The van der Waals surface area contributed by atoms with Crippen LogP contribution in [0.3, 0.4) is 0 Å². The maximum absolute atomic E-state index is 6.25. The summed E-state index contributed by atoms with van der Waals surface area (Å²) in [5, 5.41) is 1.62. The minimum atomic E-state index is 0.458. The highest BCUT2D eigenvalue weighted by molar-refractivity contribution is 9.08. The Labute approximate surface area is 116 Å². The number of anilines is 1. The molecule has 1 atom stereocenters. The summed E-state index contributed by atoms with van der Waals surface area (Å²) in [4.78, 5) is 2.42. The number of alkyl halides is 1. The topological polar surface area (TPSA) is 12.5 Å². The molecule has 1 aromatic rings. The van der Waals surface area contributed by atoms with Crippen LogP contribution >= 0.6 is 27.5 Å². The van der Waals surface area contributed by atoms with E-state index in [0.717, 1.165) is 36.5 Å². The standard InChI is InChI=1S/C13H17BrClNO/c1-2-10-9-17-7-6-16(10)13-5-3-4-12(15)11(13)8-14/h3-5,10H,2,6-9H2,1H3. The zero-order valence-corrected chi connectivity index (χ0v) is 12.3. The first-order chi connectivity index (χ1) is 8.27. The lowest BCUT2D eigenvalue weighted by Gasteiger charge is -2.38. The number of hydrogen-bond donors (Lipinski definition) is 0. The second-order valence-electron chi connectivity index (χ2n) is 4.20. The van der Waals surface area contributed by atoms with Gasteiger partial charge in [0.15, 0.2) is 0 Å². The van der Waals surface area contributed by atoms with Crippen LogP contribution in [-0.4, -0.2) is 25.8 Å². The molecule has 0 saturated carbocycles. The van der Waals surface area contributed by atoms with Crippen molar-refractivity contribution < 1.29 is 4.74 Å². The van der Waals surface area contributed by atoms with Crippen molar-refractivity contribution in [2.75, 3.05) is 24.7 Å².